The molecule has 0 aliphatic heterocycles. The standard InChI is InChI=1S/C19H22N2O5S/c22-17(21-19(18(23)24)10-3-4-11-19)9-12-20-27(25,26)16-8-7-14-5-1-2-6-15(14)13-16/h1-2,5-8,13,20H,3-4,9-12H2,(H,21,22)(H,23,24). The van der Waals surface area contributed by atoms with Crippen LogP contribution in [0.25, 0.3) is 10.8 Å². The third-order valence-electron chi connectivity index (χ3n) is 4.92. The smallest absolute Gasteiger partial charge is 0.329 e. The normalized spacial score (nSPS) is 16.3. The van der Waals surface area contributed by atoms with Crippen LogP contribution < -0.4 is 10.0 Å². The number of hydrogen-bond acceptors (Lipinski definition) is 4. The molecule has 3 rings (SSSR count). The molecule has 0 bridgehead atoms. The summed E-state index contributed by atoms with van der Waals surface area (Å²) in [6, 6.07) is 12.3. The van der Waals surface area contributed by atoms with Gasteiger partial charge in [-0.2, -0.15) is 0 Å². The summed E-state index contributed by atoms with van der Waals surface area (Å²) in [5.74, 6) is -1.51. The molecule has 1 aliphatic rings. The van der Waals surface area contributed by atoms with Crippen molar-refractivity contribution in [2.75, 3.05) is 6.54 Å². The number of carboxylic acid groups (broad SMARTS) is 1. The predicted molar refractivity (Wildman–Crippen MR) is 101 cm³/mol. The van der Waals surface area contributed by atoms with Crippen molar-refractivity contribution in [1.29, 1.82) is 0 Å². The van der Waals surface area contributed by atoms with Gasteiger partial charge in [0, 0.05) is 13.0 Å². The monoisotopic (exact) mass is 390 g/mol. The number of aliphatic carboxylic acids is 1. The number of sulfonamides is 1. The number of amides is 1. The van der Waals surface area contributed by atoms with E-state index < -0.39 is 27.4 Å². The van der Waals surface area contributed by atoms with E-state index in [1.54, 1.807) is 12.1 Å². The molecule has 1 saturated carbocycles. The Hall–Kier alpha value is -2.45. The van der Waals surface area contributed by atoms with E-state index in [1.165, 1.54) is 6.07 Å². The van der Waals surface area contributed by atoms with Crippen molar-refractivity contribution >= 4 is 32.7 Å². The number of benzene rings is 2. The molecule has 0 aromatic heterocycles. The van der Waals surface area contributed by atoms with Gasteiger partial charge in [0.05, 0.1) is 4.90 Å². The summed E-state index contributed by atoms with van der Waals surface area (Å²) in [5, 5.41) is 13.7. The van der Waals surface area contributed by atoms with E-state index in [9.17, 15) is 23.1 Å². The lowest BCUT2D eigenvalue weighted by Crippen LogP contribution is -2.52. The third kappa shape index (κ3) is 4.28. The molecule has 1 amide bonds. The lowest BCUT2D eigenvalue weighted by molar-refractivity contribution is -0.147. The highest BCUT2D eigenvalue weighted by atomic mass is 32.2. The van der Waals surface area contributed by atoms with Gasteiger partial charge in [0.25, 0.3) is 0 Å². The average Bonchev–Trinajstić information content (AvgIpc) is 3.11. The van der Waals surface area contributed by atoms with Crippen molar-refractivity contribution in [2.24, 2.45) is 0 Å². The van der Waals surface area contributed by atoms with Crippen LogP contribution >= 0.6 is 0 Å². The van der Waals surface area contributed by atoms with E-state index in [4.69, 9.17) is 0 Å². The summed E-state index contributed by atoms with van der Waals surface area (Å²) in [6.45, 7) is -0.101. The SMILES string of the molecule is O=C(CCNS(=O)(=O)c1ccc2ccccc2c1)NC1(C(=O)O)CCCC1. The first-order valence-corrected chi connectivity index (χ1v) is 10.3. The fraction of sp³-hybridized carbons (Fsp3) is 0.368. The van der Waals surface area contributed by atoms with Gasteiger partial charge in [0.1, 0.15) is 5.54 Å². The predicted octanol–water partition coefficient (Wildman–Crippen LogP) is 2.02. The number of fused-ring (bicyclic) bond motifs is 1. The third-order valence-corrected chi connectivity index (χ3v) is 6.38. The molecule has 2 aromatic rings. The Morgan fingerprint density at radius 3 is 2.37 bits per heavy atom. The summed E-state index contributed by atoms with van der Waals surface area (Å²) in [5.41, 5.74) is -1.21. The zero-order chi connectivity index (χ0) is 19.5. The maximum Gasteiger partial charge on any atom is 0.329 e. The Kier molecular flexibility index (Phi) is 5.48. The Labute approximate surface area is 157 Å². The number of rotatable bonds is 7. The van der Waals surface area contributed by atoms with Crippen LogP contribution in [0, 0.1) is 0 Å². The molecule has 0 radical (unpaired) electrons. The van der Waals surface area contributed by atoms with Crippen LogP contribution in [0.1, 0.15) is 32.1 Å². The molecule has 0 atom stereocenters. The molecular formula is C19H22N2O5S. The van der Waals surface area contributed by atoms with Gasteiger partial charge in [-0.1, -0.05) is 43.2 Å². The number of hydrogen-bond donors (Lipinski definition) is 3. The van der Waals surface area contributed by atoms with Crippen LogP contribution in [0.2, 0.25) is 0 Å². The van der Waals surface area contributed by atoms with Crippen LogP contribution in [0.5, 0.6) is 0 Å². The zero-order valence-electron chi connectivity index (χ0n) is 14.8. The first kappa shape index (κ1) is 19.3. The zero-order valence-corrected chi connectivity index (χ0v) is 15.6. The van der Waals surface area contributed by atoms with E-state index in [0.717, 1.165) is 23.6 Å². The highest BCUT2D eigenvalue weighted by molar-refractivity contribution is 7.89. The second kappa shape index (κ2) is 7.66. The summed E-state index contributed by atoms with van der Waals surface area (Å²) in [7, 11) is -3.75. The molecule has 0 saturated heterocycles. The maximum atomic E-state index is 12.4. The minimum Gasteiger partial charge on any atom is -0.480 e. The lowest BCUT2D eigenvalue weighted by Gasteiger charge is -2.25. The highest BCUT2D eigenvalue weighted by Crippen LogP contribution is 2.30. The Balaban J connectivity index is 1.60. The Bertz CT molecular complexity index is 965. The summed E-state index contributed by atoms with van der Waals surface area (Å²) >= 11 is 0. The van der Waals surface area contributed by atoms with Gasteiger partial charge in [-0.05, 0) is 35.7 Å². The van der Waals surface area contributed by atoms with Gasteiger partial charge in [-0.15, -0.1) is 0 Å². The lowest BCUT2D eigenvalue weighted by atomic mass is 9.97. The van der Waals surface area contributed by atoms with Crippen molar-refractivity contribution in [3.05, 3.63) is 42.5 Å². The molecule has 144 valence electrons. The van der Waals surface area contributed by atoms with Crippen molar-refractivity contribution in [2.45, 2.75) is 42.5 Å². The quantitative estimate of drug-likeness (QED) is 0.669. The maximum absolute atomic E-state index is 12.4. The Morgan fingerprint density at radius 1 is 1.04 bits per heavy atom. The molecule has 3 N–H and O–H groups in total. The van der Waals surface area contributed by atoms with E-state index in [1.807, 2.05) is 24.3 Å². The molecule has 0 heterocycles. The number of carbonyl (C=O) groups is 2. The molecule has 7 nitrogen and oxygen atoms in total. The van der Waals surface area contributed by atoms with Crippen molar-refractivity contribution in [3.8, 4) is 0 Å². The van der Waals surface area contributed by atoms with E-state index in [0.29, 0.717) is 12.8 Å². The van der Waals surface area contributed by atoms with Crippen LogP contribution in [-0.4, -0.2) is 37.5 Å². The number of nitrogens with one attached hydrogen (secondary N) is 2. The van der Waals surface area contributed by atoms with Gasteiger partial charge in [0.15, 0.2) is 0 Å². The van der Waals surface area contributed by atoms with E-state index >= 15 is 0 Å². The molecule has 8 heteroatoms. The largest absolute Gasteiger partial charge is 0.480 e. The fourth-order valence-corrected chi connectivity index (χ4v) is 4.48. The Morgan fingerprint density at radius 2 is 1.70 bits per heavy atom. The fourth-order valence-electron chi connectivity index (χ4n) is 3.42. The van der Waals surface area contributed by atoms with Gasteiger partial charge >= 0.3 is 5.97 Å². The van der Waals surface area contributed by atoms with Crippen LogP contribution in [-0.2, 0) is 19.6 Å². The van der Waals surface area contributed by atoms with Crippen LogP contribution in [0.3, 0.4) is 0 Å². The van der Waals surface area contributed by atoms with Crippen LogP contribution in [0.15, 0.2) is 47.4 Å². The van der Waals surface area contributed by atoms with Crippen LogP contribution in [0.4, 0.5) is 0 Å². The topological polar surface area (TPSA) is 113 Å². The highest BCUT2D eigenvalue weighted by Gasteiger charge is 2.42. The average molecular weight is 390 g/mol. The molecule has 0 unspecified atom stereocenters. The van der Waals surface area contributed by atoms with Crippen molar-refractivity contribution < 1.29 is 23.1 Å². The minimum absolute atomic E-state index is 0.101. The van der Waals surface area contributed by atoms with Crippen molar-refractivity contribution in [1.82, 2.24) is 10.0 Å². The summed E-state index contributed by atoms with van der Waals surface area (Å²) in [4.78, 5) is 23.7. The molecular weight excluding hydrogens is 368 g/mol. The number of carboxylic acids is 1. The van der Waals surface area contributed by atoms with E-state index in [2.05, 4.69) is 10.0 Å². The number of carbonyl (C=O) groups excluding carboxylic acids is 1. The van der Waals surface area contributed by atoms with Gasteiger partial charge in [-0.25, -0.2) is 17.9 Å². The molecule has 1 fully saturated rings. The first-order valence-electron chi connectivity index (χ1n) is 8.85. The second-order valence-corrected chi connectivity index (χ2v) is 8.57. The summed E-state index contributed by atoms with van der Waals surface area (Å²) in [6.07, 6.45) is 2.18. The molecule has 2 aromatic carbocycles. The molecule has 27 heavy (non-hydrogen) atoms. The first-order chi connectivity index (χ1) is 12.8. The van der Waals surface area contributed by atoms with Gasteiger partial charge in [-0.3, -0.25) is 4.79 Å². The van der Waals surface area contributed by atoms with E-state index in [-0.39, 0.29) is 17.9 Å². The van der Waals surface area contributed by atoms with Crippen molar-refractivity contribution in [3.63, 3.8) is 0 Å². The summed E-state index contributed by atoms with van der Waals surface area (Å²) < 4.78 is 27.3. The second-order valence-electron chi connectivity index (χ2n) is 6.80. The van der Waals surface area contributed by atoms with Gasteiger partial charge < -0.3 is 10.4 Å². The molecule has 1 aliphatic carbocycles. The molecule has 0 spiro atoms. The minimum atomic E-state index is -3.75. The van der Waals surface area contributed by atoms with Gasteiger partial charge in [0.2, 0.25) is 15.9 Å².